The van der Waals surface area contributed by atoms with E-state index in [0.29, 0.717) is 18.2 Å². The Morgan fingerprint density at radius 1 is 1.16 bits per heavy atom. The maximum atomic E-state index is 5.71. The number of aryl methyl sites for hydroxylation is 1. The Labute approximate surface area is 154 Å². The van der Waals surface area contributed by atoms with Gasteiger partial charge in [0.05, 0.1) is 12.1 Å². The predicted octanol–water partition coefficient (Wildman–Crippen LogP) is 3.49. The van der Waals surface area contributed by atoms with Gasteiger partial charge in [-0.05, 0) is 49.6 Å². The van der Waals surface area contributed by atoms with E-state index < -0.39 is 0 Å². The van der Waals surface area contributed by atoms with Crippen LogP contribution in [0.25, 0.3) is 0 Å². The van der Waals surface area contributed by atoms with Gasteiger partial charge in [0.15, 0.2) is 0 Å². The van der Waals surface area contributed by atoms with Crippen LogP contribution < -0.4 is 0 Å². The zero-order valence-electron chi connectivity index (χ0n) is 15.1. The number of likely N-dealkylation sites (tertiary alicyclic amines) is 2. The number of piperidine rings is 1. The van der Waals surface area contributed by atoms with Gasteiger partial charge in [0.1, 0.15) is 0 Å². The van der Waals surface area contributed by atoms with Gasteiger partial charge in [0.25, 0.3) is 0 Å². The first-order chi connectivity index (χ1) is 12.2. The first-order valence-corrected chi connectivity index (χ1v) is 10.0. The molecule has 0 spiro atoms. The topological polar surface area (TPSA) is 28.6 Å². The van der Waals surface area contributed by atoms with Crippen LogP contribution in [0.4, 0.5) is 0 Å². The molecule has 4 nitrogen and oxygen atoms in total. The normalized spacial score (nSPS) is 25.8. The standard InChI is InChI=1S/C20H27N3OS/c1-15-3-4-18(25-15)13-22-11-7-17(8-12-22)23-14-19(24-2)20(23)16-5-9-21-10-6-16/h3-6,9-10,17,19-20H,7-8,11-14H2,1-2H3/t19-,20-/m0/s1. The van der Waals surface area contributed by atoms with Crippen molar-refractivity contribution >= 4 is 11.3 Å². The zero-order chi connectivity index (χ0) is 17.2. The van der Waals surface area contributed by atoms with Gasteiger partial charge in [-0.15, -0.1) is 11.3 Å². The molecule has 0 amide bonds. The van der Waals surface area contributed by atoms with Crippen molar-refractivity contribution in [2.45, 2.75) is 44.5 Å². The second kappa shape index (κ2) is 7.54. The van der Waals surface area contributed by atoms with Crippen molar-refractivity contribution in [3.8, 4) is 0 Å². The van der Waals surface area contributed by atoms with Crippen LogP contribution in [0.15, 0.2) is 36.7 Å². The summed E-state index contributed by atoms with van der Waals surface area (Å²) in [7, 11) is 1.84. The quantitative estimate of drug-likeness (QED) is 0.819. The molecule has 2 aliphatic heterocycles. The van der Waals surface area contributed by atoms with E-state index in [9.17, 15) is 0 Å². The molecule has 2 fully saturated rings. The minimum Gasteiger partial charge on any atom is -0.378 e. The summed E-state index contributed by atoms with van der Waals surface area (Å²) in [5, 5.41) is 0. The predicted molar refractivity (Wildman–Crippen MR) is 102 cm³/mol. The molecule has 2 aromatic rings. The van der Waals surface area contributed by atoms with Crippen molar-refractivity contribution in [3.63, 3.8) is 0 Å². The lowest BCUT2D eigenvalue weighted by molar-refractivity contribution is -0.116. The molecule has 134 valence electrons. The summed E-state index contributed by atoms with van der Waals surface area (Å²) in [4.78, 5) is 12.3. The number of hydrogen-bond donors (Lipinski definition) is 0. The first-order valence-electron chi connectivity index (χ1n) is 9.20. The lowest BCUT2D eigenvalue weighted by atomic mass is 9.87. The first kappa shape index (κ1) is 17.2. The fraction of sp³-hybridized carbons (Fsp3) is 0.550. The van der Waals surface area contributed by atoms with Gasteiger partial charge in [-0.25, -0.2) is 0 Å². The maximum absolute atomic E-state index is 5.71. The lowest BCUT2D eigenvalue weighted by Crippen LogP contribution is -2.60. The number of ether oxygens (including phenoxy) is 1. The number of pyridine rings is 1. The number of hydrogen-bond acceptors (Lipinski definition) is 5. The number of methoxy groups -OCH3 is 1. The summed E-state index contributed by atoms with van der Waals surface area (Å²) in [6, 6.07) is 9.85. The van der Waals surface area contributed by atoms with Crippen LogP contribution in [-0.2, 0) is 11.3 Å². The fourth-order valence-corrected chi connectivity index (χ4v) is 5.18. The molecule has 0 saturated carbocycles. The molecule has 0 unspecified atom stereocenters. The lowest BCUT2D eigenvalue weighted by Gasteiger charge is -2.53. The van der Waals surface area contributed by atoms with Crippen LogP contribution >= 0.6 is 11.3 Å². The SMILES string of the molecule is CO[C@H]1CN(C2CCN(Cc3ccc(C)s3)CC2)[C@H]1c1ccncc1. The second-order valence-electron chi connectivity index (χ2n) is 7.22. The van der Waals surface area contributed by atoms with E-state index in [-0.39, 0.29) is 0 Å². The molecule has 25 heavy (non-hydrogen) atoms. The minimum absolute atomic E-state index is 0.314. The molecule has 0 N–H and O–H groups in total. The van der Waals surface area contributed by atoms with Gasteiger partial charge < -0.3 is 4.74 Å². The Bertz CT molecular complexity index is 681. The minimum atomic E-state index is 0.314. The number of rotatable bonds is 5. The molecule has 2 saturated heterocycles. The number of nitrogens with zero attached hydrogens (tertiary/aromatic N) is 3. The fourth-order valence-electron chi connectivity index (χ4n) is 4.24. The Hall–Kier alpha value is -1.27. The van der Waals surface area contributed by atoms with E-state index in [0.717, 1.165) is 13.1 Å². The molecule has 2 aromatic heterocycles. The molecule has 2 aliphatic rings. The van der Waals surface area contributed by atoms with E-state index in [1.54, 1.807) is 0 Å². The molecule has 0 radical (unpaired) electrons. The van der Waals surface area contributed by atoms with E-state index in [1.807, 2.05) is 30.8 Å². The Kier molecular flexibility index (Phi) is 5.17. The molecule has 5 heteroatoms. The molecular weight excluding hydrogens is 330 g/mol. The van der Waals surface area contributed by atoms with Crippen molar-refractivity contribution in [3.05, 3.63) is 52.0 Å². The third-order valence-electron chi connectivity index (χ3n) is 5.65. The van der Waals surface area contributed by atoms with Crippen LogP contribution in [0.2, 0.25) is 0 Å². The summed E-state index contributed by atoms with van der Waals surface area (Å²) in [5.74, 6) is 0. The summed E-state index contributed by atoms with van der Waals surface area (Å²) >= 11 is 1.93. The van der Waals surface area contributed by atoms with Crippen molar-refractivity contribution in [2.24, 2.45) is 0 Å². The van der Waals surface area contributed by atoms with Crippen LogP contribution in [-0.4, -0.2) is 53.7 Å². The molecule has 0 aliphatic carbocycles. The Balaban J connectivity index is 1.35. The molecule has 0 aromatic carbocycles. The zero-order valence-corrected chi connectivity index (χ0v) is 15.9. The Morgan fingerprint density at radius 3 is 2.56 bits per heavy atom. The second-order valence-corrected chi connectivity index (χ2v) is 8.59. The maximum Gasteiger partial charge on any atom is 0.0895 e. The van der Waals surface area contributed by atoms with Crippen LogP contribution in [0.1, 0.15) is 34.2 Å². The molecule has 4 rings (SSSR count). The highest BCUT2D eigenvalue weighted by atomic mass is 32.1. The van der Waals surface area contributed by atoms with Gasteiger partial charge in [-0.1, -0.05) is 0 Å². The van der Waals surface area contributed by atoms with Crippen LogP contribution in [0.5, 0.6) is 0 Å². The van der Waals surface area contributed by atoms with Gasteiger partial charge in [0.2, 0.25) is 0 Å². The van der Waals surface area contributed by atoms with Gasteiger partial charge in [-0.2, -0.15) is 0 Å². The van der Waals surface area contributed by atoms with Gasteiger partial charge >= 0.3 is 0 Å². The van der Waals surface area contributed by atoms with E-state index in [2.05, 4.69) is 46.0 Å². The van der Waals surface area contributed by atoms with Crippen LogP contribution in [0, 0.1) is 6.92 Å². The van der Waals surface area contributed by atoms with Crippen LogP contribution in [0.3, 0.4) is 0 Å². The highest BCUT2D eigenvalue weighted by Gasteiger charge is 2.44. The smallest absolute Gasteiger partial charge is 0.0895 e. The molecule has 4 heterocycles. The third kappa shape index (κ3) is 3.65. The summed E-state index contributed by atoms with van der Waals surface area (Å²) in [5.41, 5.74) is 1.34. The summed E-state index contributed by atoms with van der Waals surface area (Å²) < 4.78 is 5.71. The van der Waals surface area contributed by atoms with Crippen molar-refractivity contribution in [2.75, 3.05) is 26.7 Å². The monoisotopic (exact) mass is 357 g/mol. The number of aromatic nitrogens is 1. The van der Waals surface area contributed by atoms with E-state index in [4.69, 9.17) is 4.74 Å². The van der Waals surface area contributed by atoms with E-state index in [1.165, 1.54) is 41.2 Å². The highest BCUT2D eigenvalue weighted by molar-refractivity contribution is 7.11. The van der Waals surface area contributed by atoms with E-state index >= 15 is 0 Å². The average Bonchev–Trinajstić information content (AvgIpc) is 3.02. The van der Waals surface area contributed by atoms with Crippen molar-refractivity contribution in [1.82, 2.24) is 14.8 Å². The number of thiophene rings is 1. The third-order valence-corrected chi connectivity index (χ3v) is 6.64. The average molecular weight is 358 g/mol. The summed E-state index contributed by atoms with van der Waals surface area (Å²) in [6.07, 6.45) is 6.61. The molecule has 0 bridgehead atoms. The summed E-state index contributed by atoms with van der Waals surface area (Å²) in [6.45, 7) is 6.74. The molecule has 2 atom stereocenters. The Morgan fingerprint density at radius 2 is 1.92 bits per heavy atom. The largest absolute Gasteiger partial charge is 0.378 e. The van der Waals surface area contributed by atoms with Gasteiger partial charge in [-0.3, -0.25) is 14.8 Å². The van der Waals surface area contributed by atoms with Gasteiger partial charge in [0, 0.05) is 61.5 Å². The van der Waals surface area contributed by atoms with Crippen molar-refractivity contribution in [1.29, 1.82) is 0 Å². The molecular formula is C20H27N3OS. The highest BCUT2D eigenvalue weighted by Crippen LogP contribution is 2.39. The van der Waals surface area contributed by atoms with Crippen molar-refractivity contribution < 1.29 is 4.74 Å².